The molecule has 1 aromatic carbocycles. The molecule has 0 aromatic heterocycles. The van der Waals surface area contributed by atoms with Crippen LogP contribution in [0.1, 0.15) is 24.0 Å². The van der Waals surface area contributed by atoms with Gasteiger partial charge >= 0.3 is 12.1 Å². The lowest BCUT2D eigenvalue weighted by Crippen LogP contribution is -2.41. The number of esters is 1. The number of nitrogens with zero attached hydrogens (tertiary/aromatic N) is 2. The van der Waals surface area contributed by atoms with E-state index in [-0.39, 0.29) is 11.5 Å². The standard InChI is InChI=1S/C16H17F3N2O3/c1-24-15(23)14(22)10-4-6-21(7-5-10)13-3-2-12(16(17,18)19)8-11(13)9-20/h2-3,8,10,14,22H,4-7H2,1H3. The smallest absolute Gasteiger partial charge is 0.416 e. The van der Waals surface area contributed by atoms with Crippen molar-refractivity contribution in [2.24, 2.45) is 5.92 Å². The molecular formula is C16H17F3N2O3. The molecule has 1 aliphatic heterocycles. The molecule has 1 aromatic rings. The third-order valence-electron chi connectivity index (χ3n) is 4.21. The van der Waals surface area contributed by atoms with Crippen molar-refractivity contribution in [1.82, 2.24) is 0 Å². The Morgan fingerprint density at radius 1 is 1.42 bits per heavy atom. The summed E-state index contributed by atoms with van der Waals surface area (Å²) in [6, 6.07) is 4.88. The van der Waals surface area contributed by atoms with Crippen molar-refractivity contribution in [2.45, 2.75) is 25.1 Å². The van der Waals surface area contributed by atoms with Crippen LogP contribution in [0.15, 0.2) is 18.2 Å². The highest BCUT2D eigenvalue weighted by atomic mass is 19.4. The van der Waals surface area contributed by atoms with Gasteiger partial charge in [-0.3, -0.25) is 0 Å². The molecular weight excluding hydrogens is 325 g/mol. The first-order valence-corrected chi connectivity index (χ1v) is 7.40. The molecule has 0 amide bonds. The summed E-state index contributed by atoms with van der Waals surface area (Å²) in [5.41, 5.74) is -0.480. The number of hydrogen-bond donors (Lipinski definition) is 1. The highest BCUT2D eigenvalue weighted by molar-refractivity contribution is 5.74. The first-order chi connectivity index (χ1) is 11.3. The SMILES string of the molecule is COC(=O)C(O)C1CCN(c2ccc(C(F)(F)F)cc2C#N)CC1. The van der Waals surface area contributed by atoms with E-state index >= 15 is 0 Å². The van der Waals surface area contributed by atoms with Crippen molar-refractivity contribution in [2.75, 3.05) is 25.1 Å². The van der Waals surface area contributed by atoms with Crippen molar-refractivity contribution in [3.63, 3.8) is 0 Å². The zero-order valence-corrected chi connectivity index (χ0v) is 13.0. The van der Waals surface area contributed by atoms with Gasteiger partial charge in [-0.2, -0.15) is 18.4 Å². The number of rotatable bonds is 3. The molecule has 1 fully saturated rings. The van der Waals surface area contributed by atoms with Crippen molar-refractivity contribution in [3.8, 4) is 6.07 Å². The van der Waals surface area contributed by atoms with Crippen molar-refractivity contribution in [3.05, 3.63) is 29.3 Å². The lowest BCUT2D eigenvalue weighted by atomic mass is 9.90. The van der Waals surface area contributed by atoms with Gasteiger partial charge in [0.2, 0.25) is 0 Å². The van der Waals surface area contributed by atoms with Crippen LogP contribution < -0.4 is 4.90 Å². The number of piperidine rings is 1. The number of methoxy groups -OCH3 is 1. The molecule has 0 aliphatic carbocycles. The molecule has 1 heterocycles. The van der Waals surface area contributed by atoms with Gasteiger partial charge in [0, 0.05) is 13.1 Å². The molecule has 1 N–H and O–H groups in total. The third-order valence-corrected chi connectivity index (χ3v) is 4.21. The number of carbonyl (C=O) groups is 1. The average molecular weight is 342 g/mol. The van der Waals surface area contributed by atoms with Crippen LogP contribution in [0, 0.1) is 17.2 Å². The van der Waals surface area contributed by atoms with Crippen LogP contribution in [0.4, 0.5) is 18.9 Å². The maximum atomic E-state index is 12.7. The Morgan fingerprint density at radius 3 is 2.54 bits per heavy atom. The first-order valence-electron chi connectivity index (χ1n) is 7.40. The Balaban J connectivity index is 2.12. The molecule has 1 saturated heterocycles. The van der Waals surface area contributed by atoms with Crippen LogP contribution in [-0.4, -0.2) is 37.4 Å². The van der Waals surface area contributed by atoms with E-state index in [2.05, 4.69) is 4.74 Å². The Labute approximate surface area is 137 Å². The van der Waals surface area contributed by atoms with Gasteiger partial charge in [0.1, 0.15) is 6.07 Å². The highest BCUT2D eigenvalue weighted by Gasteiger charge is 2.33. The van der Waals surface area contributed by atoms with Gasteiger partial charge in [-0.1, -0.05) is 0 Å². The molecule has 130 valence electrons. The molecule has 5 nitrogen and oxygen atoms in total. The fourth-order valence-corrected chi connectivity index (χ4v) is 2.85. The molecule has 1 unspecified atom stereocenters. The van der Waals surface area contributed by atoms with Gasteiger partial charge in [-0.15, -0.1) is 0 Å². The lowest BCUT2D eigenvalue weighted by Gasteiger charge is -2.35. The minimum Gasteiger partial charge on any atom is -0.467 e. The molecule has 1 atom stereocenters. The Morgan fingerprint density at radius 2 is 2.04 bits per heavy atom. The van der Waals surface area contributed by atoms with Gasteiger partial charge < -0.3 is 14.7 Å². The van der Waals surface area contributed by atoms with Crippen molar-refractivity contribution >= 4 is 11.7 Å². The molecule has 0 bridgehead atoms. The normalized spacial score (nSPS) is 17.2. The minimum atomic E-state index is -4.50. The molecule has 2 rings (SSSR count). The molecule has 0 radical (unpaired) electrons. The van der Waals surface area contributed by atoms with E-state index in [9.17, 15) is 23.1 Å². The van der Waals surface area contributed by atoms with Crippen molar-refractivity contribution < 1.29 is 27.8 Å². The van der Waals surface area contributed by atoms with E-state index in [4.69, 9.17) is 5.26 Å². The number of carbonyl (C=O) groups excluding carboxylic acids is 1. The highest BCUT2D eigenvalue weighted by Crippen LogP contribution is 2.34. The Bertz CT molecular complexity index is 647. The van der Waals surface area contributed by atoms with Crippen LogP contribution in [0.5, 0.6) is 0 Å². The van der Waals surface area contributed by atoms with E-state index in [1.165, 1.54) is 13.2 Å². The largest absolute Gasteiger partial charge is 0.467 e. The zero-order chi connectivity index (χ0) is 17.9. The van der Waals surface area contributed by atoms with Gasteiger partial charge in [0.25, 0.3) is 0 Å². The van der Waals surface area contributed by atoms with Gasteiger partial charge in [-0.05, 0) is 37.0 Å². The summed E-state index contributed by atoms with van der Waals surface area (Å²) in [4.78, 5) is 13.1. The van der Waals surface area contributed by atoms with Crippen LogP contribution in [0.25, 0.3) is 0 Å². The van der Waals surface area contributed by atoms with Crippen LogP contribution in [-0.2, 0) is 15.7 Å². The Kier molecular flexibility index (Phi) is 5.34. The van der Waals surface area contributed by atoms with Gasteiger partial charge in [0.15, 0.2) is 6.10 Å². The molecule has 0 saturated carbocycles. The average Bonchev–Trinajstić information content (AvgIpc) is 2.59. The number of aliphatic hydroxyl groups excluding tert-OH is 1. The monoisotopic (exact) mass is 342 g/mol. The number of benzene rings is 1. The third kappa shape index (κ3) is 3.79. The number of halogens is 3. The second-order valence-electron chi connectivity index (χ2n) is 5.63. The molecule has 0 spiro atoms. The van der Waals surface area contributed by atoms with E-state index in [1.807, 2.05) is 0 Å². The molecule has 24 heavy (non-hydrogen) atoms. The number of nitriles is 1. The second kappa shape index (κ2) is 7.09. The summed E-state index contributed by atoms with van der Waals surface area (Å²) >= 11 is 0. The summed E-state index contributed by atoms with van der Waals surface area (Å²) in [6.45, 7) is 0.859. The summed E-state index contributed by atoms with van der Waals surface area (Å²) in [5.74, 6) is -0.964. The number of alkyl halides is 3. The first kappa shape index (κ1) is 18.1. The van der Waals surface area contributed by atoms with E-state index in [0.717, 1.165) is 12.1 Å². The second-order valence-corrected chi connectivity index (χ2v) is 5.63. The summed E-state index contributed by atoms with van der Waals surface area (Å²) in [5, 5.41) is 19.0. The van der Waals surface area contributed by atoms with E-state index < -0.39 is 23.8 Å². The zero-order valence-electron chi connectivity index (χ0n) is 13.0. The quantitative estimate of drug-likeness (QED) is 0.854. The maximum Gasteiger partial charge on any atom is 0.416 e. The van der Waals surface area contributed by atoms with E-state index in [0.29, 0.717) is 31.6 Å². The predicted octanol–water partition coefficient (Wildman–Crippen LogP) is 2.33. The number of hydrogen-bond acceptors (Lipinski definition) is 5. The predicted molar refractivity (Wildman–Crippen MR) is 79.1 cm³/mol. The van der Waals surface area contributed by atoms with Crippen LogP contribution >= 0.6 is 0 Å². The fraction of sp³-hybridized carbons (Fsp3) is 0.500. The van der Waals surface area contributed by atoms with Gasteiger partial charge in [-0.25, -0.2) is 4.79 Å². The molecule has 1 aliphatic rings. The lowest BCUT2D eigenvalue weighted by molar-refractivity contribution is -0.153. The summed E-state index contributed by atoms with van der Waals surface area (Å²) < 4.78 is 42.7. The summed E-state index contributed by atoms with van der Waals surface area (Å²) in [7, 11) is 1.20. The number of ether oxygens (including phenoxy) is 1. The maximum absolute atomic E-state index is 12.7. The number of anilines is 1. The molecule has 8 heteroatoms. The van der Waals surface area contributed by atoms with E-state index in [1.54, 1.807) is 11.0 Å². The van der Waals surface area contributed by atoms with Gasteiger partial charge in [0.05, 0.1) is 23.9 Å². The Hall–Kier alpha value is -2.27. The fourth-order valence-electron chi connectivity index (χ4n) is 2.85. The summed E-state index contributed by atoms with van der Waals surface area (Å²) in [6.07, 6.45) is -4.76. The topological polar surface area (TPSA) is 73.6 Å². The minimum absolute atomic E-state index is 0.0446. The number of aliphatic hydroxyl groups is 1. The van der Waals surface area contributed by atoms with Crippen LogP contribution in [0.3, 0.4) is 0 Å². The van der Waals surface area contributed by atoms with Crippen LogP contribution in [0.2, 0.25) is 0 Å². The van der Waals surface area contributed by atoms with Crippen molar-refractivity contribution in [1.29, 1.82) is 5.26 Å².